The Bertz CT molecular complexity index is 1600. The monoisotopic (exact) mass is 606 g/mol. The van der Waals surface area contributed by atoms with Gasteiger partial charge in [0.1, 0.15) is 5.60 Å². The summed E-state index contributed by atoms with van der Waals surface area (Å²) in [5.74, 6) is 0.648. The minimum atomic E-state index is -4.01. The standard InChI is InChI=1S/C33H42N4O5S/c1-20(2)14-24-19-41-28-16-27(29-21(3)10-8-11-22(29)4)35-30(36-28)37-43(39,40)26-13-9-12-23(15-26)33(24)17-25(18-33)34-31(38)42-32(5,6)7/h8-13,15-16,20,24-25H,14,17-19H2,1-7H3,(H,34,38)(H,35,36,37)/t24-,25?,33?/m1/s1. The van der Waals surface area contributed by atoms with Crippen molar-refractivity contribution in [2.45, 2.75) is 89.7 Å². The van der Waals surface area contributed by atoms with E-state index in [0.717, 1.165) is 28.7 Å². The van der Waals surface area contributed by atoms with E-state index in [9.17, 15) is 13.2 Å². The molecule has 0 saturated heterocycles. The number of carbonyl (C=O) groups is 1. The molecule has 2 aliphatic rings. The molecule has 1 aliphatic carbocycles. The van der Waals surface area contributed by atoms with E-state index >= 15 is 0 Å². The number of carbonyl (C=O) groups excluding carboxylic acids is 1. The van der Waals surface area contributed by atoms with E-state index in [1.54, 1.807) is 24.3 Å². The van der Waals surface area contributed by atoms with Gasteiger partial charge in [0.15, 0.2) is 0 Å². The van der Waals surface area contributed by atoms with Crippen LogP contribution in [0.15, 0.2) is 53.4 Å². The molecule has 4 bridgehead atoms. The van der Waals surface area contributed by atoms with Gasteiger partial charge in [0.2, 0.25) is 11.8 Å². The fourth-order valence-electron chi connectivity index (χ4n) is 6.45. The molecule has 3 aromatic rings. The van der Waals surface area contributed by atoms with Crippen LogP contribution in [-0.2, 0) is 20.2 Å². The van der Waals surface area contributed by atoms with Gasteiger partial charge in [0.05, 0.1) is 17.2 Å². The molecule has 1 aliphatic heterocycles. The molecule has 2 heterocycles. The second kappa shape index (κ2) is 11.4. The van der Waals surface area contributed by atoms with Gasteiger partial charge in [-0.25, -0.2) is 22.9 Å². The van der Waals surface area contributed by atoms with Crippen molar-refractivity contribution >= 4 is 22.1 Å². The summed E-state index contributed by atoms with van der Waals surface area (Å²) >= 11 is 0. The van der Waals surface area contributed by atoms with E-state index in [2.05, 4.69) is 33.9 Å². The quantitative estimate of drug-likeness (QED) is 0.346. The van der Waals surface area contributed by atoms with Gasteiger partial charge in [-0.3, -0.25) is 0 Å². The highest BCUT2D eigenvalue weighted by Crippen LogP contribution is 2.52. The minimum Gasteiger partial charge on any atom is -0.477 e. The zero-order chi connectivity index (χ0) is 31.2. The molecule has 230 valence electrons. The molecule has 9 nitrogen and oxygen atoms in total. The molecule has 1 atom stereocenters. The number of amides is 1. The van der Waals surface area contributed by atoms with Gasteiger partial charge in [-0.2, -0.15) is 4.98 Å². The van der Waals surface area contributed by atoms with Gasteiger partial charge >= 0.3 is 6.09 Å². The Labute approximate surface area is 254 Å². The first-order valence-corrected chi connectivity index (χ1v) is 16.3. The Balaban J connectivity index is 1.57. The fraction of sp³-hybridized carbons (Fsp3) is 0.485. The Morgan fingerprint density at radius 2 is 1.77 bits per heavy atom. The topological polar surface area (TPSA) is 120 Å². The predicted octanol–water partition coefficient (Wildman–Crippen LogP) is 6.54. The lowest BCUT2D eigenvalue weighted by atomic mass is 9.54. The molecular weight excluding hydrogens is 564 g/mol. The Hall–Kier alpha value is -3.66. The van der Waals surface area contributed by atoms with E-state index in [4.69, 9.17) is 9.47 Å². The second-order valence-corrected chi connectivity index (χ2v) is 15.0. The van der Waals surface area contributed by atoms with Crippen LogP contribution in [-0.4, -0.2) is 42.7 Å². The van der Waals surface area contributed by atoms with Crippen LogP contribution in [0.25, 0.3) is 11.3 Å². The van der Waals surface area contributed by atoms with Crippen LogP contribution in [0.3, 0.4) is 0 Å². The van der Waals surface area contributed by atoms with Crippen molar-refractivity contribution in [1.82, 2.24) is 15.3 Å². The molecule has 0 radical (unpaired) electrons. The number of nitrogens with one attached hydrogen (secondary N) is 2. The van der Waals surface area contributed by atoms with E-state index < -0.39 is 27.1 Å². The normalized spacial score (nSPS) is 22.8. The highest BCUT2D eigenvalue weighted by Gasteiger charge is 2.52. The van der Waals surface area contributed by atoms with Gasteiger partial charge in [-0.15, -0.1) is 0 Å². The number of benzene rings is 2. The summed E-state index contributed by atoms with van der Waals surface area (Å²) in [5, 5.41) is 3.02. The number of aromatic nitrogens is 2. The molecule has 10 heteroatoms. The number of ether oxygens (including phenoxy) is 2. The number of sulfonamides is 1. The van der Waals surface area contributed by atoms with E-state index in [1.807, 2.05) is 58.9 Å². The molecule has 5 rings (SSSR count). The summed E-state index contributed by atoms with van der Waals surface area (Å²) in [6.07, 6.45) is 1.65. The van der Waals surface area contributed by atoms with Crippen molar-refractivity contribution in [1.29, 1.82) is 0 Å². The molecule has 1 spiro atoms. The van der Waals surface area contributed by atoms with Crippen molar-refractivity contribution in [3.05, 3.63) is 65.2 Å². The minimum absolute atomic E-state index is 0.0246. The van der Waals surface area contributed by atoms with E-state index in [1.165, 1.54) is 0 Å². The summed E-state index contributed by atoms with van der Waals surface area (Å²) in [4.78, 5) is 21.8. The van der Waals surface area contributed by atoms with Crippen LogP contribution >= 0.6 is 0 Å². The Morgan fingerprint density at radius 3 is 2.42 bits per heavy atom. The van der Waals surface area contributed by atoms with E-state index in [-0.39, 0.29) is 22.8 Å². The number of rotatable bonds is 4. The summed E-state index contributed by atoms with van der Waals surface area (Å²) < 4.78 is 41.9. The number of hydrogen-bond donors (Lipinski definition) is 2. The highest BCUT2D eigenvalue weighted by atomic mass is 32.2. The molecular formula is C33H42N4O5S. The maximum absolute atomic E-state index is 13.7. The summed E-state index contributed by atoms with van der Waals surface area (Å²) in [7, 11) is -4.01. The number of hydrogen-bond acceptors (Lipinski definition) is 7. The van der Waals surface area contributed by atoms with Gasteiger partial charge in [-0.05, 0) is 88.6 Å². The first-order valence-electron chi connectivity index (χ1n) is 14.9. The Morgan fingerprint density at radius 1 is 1.09 bits per heavy atom. The van der Waals surface area contributed by atoms with Crippen molar-refractivity contribution in [3.8, 4) is 17.1 Å². The average Bonchev–Trinajstić information content (AvgIpc) is 2.86. The molecule has 2 aromatic carbocycles. The highest BCUT2D eigenvalue weighted by molar-refractivity contribution is 7.92. The van der Waals surface area contributed by atoms with Crippen molar-refractivity contribution in [2.24, 2.45) is 11.8 Å². The average molecular weight is 607 g/mol. The van der Waals surface area contributed by atoms with E-state index in [0.29, 0.717) is 36.9 Å². The number of aryl methyl sites for hydroxylation is 2. The van der Waals surface area contributed by atoms with Crippen LogP contribution in [0.4, 0.5) is 10.7 Å². The number of anilines is 1. The maximum atomic E-state index is 13.7. The number of fused-ring (bicyclic) bond motifs is 5. The smallest absolute Gasteiger partial charge is 0.407 e. The third kappa shape index (κ3) is 6.64. The largest absolute Gasteiger partial charge is 0.477 e. The summed E-state index contributed by atoms with van der Waals surface area (Å²) in [6, 6.07) is 14.7. The second-order valence-electron chi connectivity index (χ2n) is 13.4. The lowest BCUT2D eigenvalue weighted by molar-refractivity contribution is 0.0257. The van der Waals surface area contributed by atoms with Gasteiger partial charge in [0.25, 0.3) is 10.0 Å². The molecule has 1 fully saturated rings. The van der Waals surface area contributed by atoms with Crippen molar-refractivity contribution in [3.63, 3.8) is 0 Å². The molecule has 0 unspecified atom stereocenters. The lowest BCUT2D eigenvalue weighted by Crippen LogP contribution is -2.58. The summed E-state index contributed by atoms with van der Waals surface area (Å²) in [6.45, 7) is 14.2. The number of nitrogens with zero attached hydrogens (tertiary/aromatic N) is 2. The third-order valence-electron chi connectivity index (χ3n) is 8.30. The maximum Gasteiger partial charge on any atom is 0.407 e. The van der Waals surface area contributed by atoms with Crippen LogP contribution in [0, 0.1) is 25.7 Å². The van der Waals surface area contributed by atoms with Crippen LogP contribution < -0.4 is 14.8 Å². The third-order valence-corrected chi connectivity index (χ3v) is 9.62. The summed E-state index contributed by atoms with van der Waals surface area (Å²) in [5.41, 5.74) is 3.42. The molecule has 1 aromatic heterocycles. The zero-order valence-corrected chi connectivity index (χ0v) is 26.8. The van der Waals surface area contributed by atoms with Crippen molar-refractivity contribution in [2.75, 3.05) is 11.3 Å². The molecule has 2 N–H and O–H groups in total. The zero-order valence-electron chi connectivity index (χ0n) is 26.0. The SMILES string of the molecule is Cc1cccc(C)c1-c1cc2nc(n1)NS(=O)(=O)c1cccc(c1)C1(CC(NC(=O)OC(C)(C)C)C1)[C@H](CC(C)C)CO2. The predicted molar refractivity (Wildman–Crippen MR) is 167 cm³/mol. The fourth-order valence-corrected chi connectivity index (χ4v) is 7.44. The molecule has 1 amide bonds. The van der Waals surface area contributed by atoms with Crippen LogP contribution in [0.2, 0.25) is 0 Å². The van der Waals surface area contributed by atoms with Crippen LogP contribution in [0.1, 0.15) is 70.6 Å². The number of alkyl carbamates (subject to hydrolysis) is 1. The molecule has 43 heavy (non-hydrogen) atoms. The first-order chi connectivity index (χ1) is 20.1. The van der Waals surface area contributed by atoms with Crippen molar-refractivity contribution < 1.29 is 22.7 Å². The van der Waals surface area contributed by atoms with Gasteiger partial charge in [0, 0.05) is 29.0 Å². The molecule has 1 saturated carbocycles. The van der Waals surface area contributed by atoms with Crippen LogP contribution in [0.5, 0.6) is 5.88 Å². The Kier molecular flexibility index (Phi) is 8.19. The first kappa shape index (κ1) is 30.8. The lowest BCUT2D eigenvalue weighted by Gasteiger charge is -2.53. The van der Waals surface area contributed by atoms with Gasteiger partial charge < -0.3 is 14.8 Å². The van der Waals surface area contributed by atoms with Gasteiger partial charge in [-0.1, -0.05) is 44.2 Å².